The van der Waals surface area contributed by atoms with Crippen molar-refractivity contribution in [3.05, 3.63) is 23.8 Å². The Labute approximate surface area is 171 Å². The molecule has 29 heavy (non-hydrogen) atoms. The molecule has 0 aromatic heterocycles. The van der Waals surface area contributed by atoms with E-state index in [1.54, 1.807) is 7.11 Å². The maximum absolute atomic E-state index is 12.5. The van der Waals surface area contributed by atoms with Crippen LogP contribution in [0.15, 0.2) is 18.2 Å². The number of hydrogen-bond acceptors (Lipinski definition) is 5. The second kappa shape index (κ2) is 9.76. The highest BCUT2D eigenvalue weighted by atomic mass is 16.5. The molecular formula is C22H30N2O5. The predicted octanol–water partition coefficient (Wildman–Crippen LogP) is 2.67. The molecule has 3 rings (SSSR count). The van der Waals surface area contributed by atoms with Gasteiger partial charge < -0.3 is 14.8 Å². The number of likely N-dealkylation sites (tertiary alicyclic amines) is 1. The molecule has 7 nitrogen and oxygen atoms in total. The Bertz CT molecular complexity index is 740. The van der Waals surface area contributed by atoms with E-state index < -0.39 is 0 Å². The quantitative estimate of drug-likeness (QED) is 0.642. The van der Waals surface area contributed by atoms with Gasteiger partial charge in [-0.15, -0.1) is 0 Å². The standard InChI is InChI=1S/C22H30N2O5/c1-3-12-29-18-9-8-15(13-19(18)28-2)14-23-20(25)10-11-24-21(26)16-6-4-5-7-17(16)22(24)27/h8-9,13,16-17H,3-7,10-12,14H2,1-2H3,(H,23,25). The topological polar surface area (TPSA) is 84.9 Å². The number of methoxy groups -OCH3 is 1. The molecule has 1 N–H and O–H groups in total. The maximum Gasteiger partial charge on any atom is 0.233 e. The number of nitrogens with zero attached hydrogens (tertiary/aromatic N) is 1. The van der Waals surface area contributed by atoms with E-state index in [9.17, 15) is 14.4 Å². The third-order valence-electron chi connectivity index (χ3n) is 5.67. The van der Waals surface area contributed by atoms with E-state index in [1.165, 1.54) is 4.90 Å². The molecule has 1 aromatic rings. The Kier molecular flexibility index (Phi) is 7.12. The Morgan fingerprint density at radius 2 is 1.83 bits per heavy atom. The summed E-state index contributed by atoms with van der Waals surface area (Å²) in [5.41, 5.74) is 0.887. The van der Waals surface area contributed by atoms with Crippen LogP contribution in [0.4, 0.5) is 0 Å². The molecule has 1 aliphatic heterocycles. The first-order valence-corrected chi connectivity index (χ1v) is 10.5. The predicted molar refractivity (Wildman–Crippen MR) is 107 cm³/mol. The lowest BCUT2D eigenvalue weighted by Crippen LogP contribution is -2.35. The van der Waals surface area contributed by atoms with Crippen LogP contribution in [-0.4, -0.2) is 42.9 Å². The Balaban J connectivity index is 1.49. The third-order valence-corrected chi connectivity index (χ3v) is 5.67. The minimum absolute atomic E-state index is 0.0973. The van der Waals surface area contributed by atoms with Gasteiger partial charge >= 0.3 is 0 Å². The summed E-state index contributed by atoms with van der Waals surface area (Å²) in [5, 5.41) is 2.84. The molecule has 7 heteroatoms. The molecule has 0 radical (unpaired) electrons. The van der Waals surface area contributed by atoms with Crippen LogP contribution in [0.3, 0.4) is 0 Å². The summed E-state index contributed by atoms with van der Waals surface area (Å²) in [6, 6.07) is 5.55. The van der Waals surface area contributed by atoms with Gasteiger partial charge in [0.15, 0.2) is 11.5 Å². The summed E-state index contributed by atoms with van der Waals surface area (Å²) in [5.74, 6) is 0.587. The smallest absolute Gasteiger partial charge is 0.233 e. The fourth-order valence-electron chi connectivity index (χ4n) is 4.11. The number of rotatable bonds is 9. The van der Waals surface area contributed by atoms with Gasteiger partial charge in [0.25, 0.3) is 0 Å². The van der Waals surface area contributed by atoms with Crippen LogP contribution >= 0.6 is 0 Å². The van der Waals surface area contributed by atoms with Crippen molar-refractivity contribution in [1.29, 1.82) is 0 Å². The van der Waals surface area contributed by atoms with E-state index >= 15 is 0 Å². The minimum atomic E-state index is -0.189. The van der Waals surface area contributed by atoms with Gasteiger partial charge in [0.1, 0.15) is 0 Å². The molecular weight excluding hydrogens is 372 g/mol. The minimum Gasteiger partial charge on any atom is -0.493 e. The second-order valence-corrected chi connectivity index (χ2v) is 7.69. The molecule has 2 aliphatic rings. The Morgan fingerprint density at radius 1 is 1.14 bits per heavy atom. The van der Waals surface area contributed by atoms with Crippen molar-refractivity contribution < 1.29 is 23.9 Å². The summed E-state index contributed by atoms with van der Waals surface area (Å²) in [6.45, 7) is 3.15. The van der Waals surface area contributed by atoms with Gasteiger partial charge in [0.2, 0.25) is 17.7 Å². The molecule has 2 fully saturated rings. The van der Waals surface area contributed by atoms with E-state index in [0.29, 0.717) is 24.7 Å². The molecule has 158 valence electrons. The highest BCUT2D eigenvalue weighted by Gasteiger charge is 2.47. The first-order chi connectivity index (χ1) is 14.0. The van der Waals surface area contributed by atoms with E-state index in [4.69, 9.17) is 9.47 Å². The fourth-order valence-corrected chi connectivity index (χ4v) is 4.11. The lowest BCUT2D eigenvalue weighted by molar-refractivity contribution is -0.140. The molecule has 2 unspecified atom stereocenters. The van der Waals surface area contributed by atoms with E-state index in [2.05, 4.69) is 5.32 Å². The van der Waals surface area contributed by atoms with Gasteiger partial charge in [-0.3, -0.25) is 19.3 Å². The van der Waals surface area contributed by atoms with Crippen LogP contribution in [-0.2, 0) is 20.9 Å². The number of hydrogen-bond donors (Lipinski definition) is 1. The third kappa shape index (κ3) is 4.89. The molecule has 1 heterocycles. The van der Waals surface area contributed by atoms with Gasteiger partial charge in [0.05, 0.1) is 25.6 Å². The summed E-state index contributed by atoms with van der Waals surface area (Å²) in [6.07, 6.45) is 4.60. The molecule has 0 bridgehead atoms. The number of ether oxygens (including phenoxy) is 2. The van der Waals surface area contributed by atoms with Gasteiger partial charge in [-0.2, -0.15) is 0 Å². The second-order valence-electron chi connectivity index (χ2n) is 7.69. The summed E-state index contributed by atoms with van der Waals surface area (Å²) in [4.78, 5) is 38.5. The van der Waals surface area contributed by atoms with Crippen molar-refractivity contribution in [2.24, 2.45) is 11.8 Å². The number of benzene rings is 1. The van der Waals surface area contributed by atoms with Crippen molar-refractivity contribution in [2.75, 3.05) is 20.3 Å². The van der Waals surface area contributed by atoms with Crippen LogP contribution in [0.5, 0.6) is 11.5 Å². The highest BCUT2D eigenvalue weighted by molar-refractivity contribution is 6.05. The molecule has 0 spiro atoms. The van der Waals surface area contributed by atoms with Gasteiger partial charge in [-0.25, -0.2) is 0 Å². The van der Waals surface area contributed by atoms with Crippen molar-refractivity contribution in [1.82, 2.24) is 10.2 Å². The van der Waals surface area contributed by atoms with E-state index in [0.717, 1.165) is 37.7 Å². The van der Waals surface area contributed by atoms with Crippen LogP contribution in [0.25, 0.3) is 0 Å². The lowest BCUT2D eigenvalue weighted by atomic mass is 9.81. The Hall–Kier alpha value is -2.57. The number of imide groups is 1. The first kappa shape index (κ1) is 21.1. The van der Waals surface area contributed by atoms with Gasteiger partial charge in [-0.1, -0.05) is 25.8 Å². The zero-order chi connectivity index (χ0) is 20.8. The normalized spacial score (nSPS) is 21.1. The monoisotopic (exact) mass is 402 g/mol. The van der Waals surface area contributed by atoms with Crippen molar-refractivity contribution >= 4 is 17.7 Å². The van der Waals surface area contributed by atoms with Gasteiger partial charge in [-0.05, 0) is 37.0 Å². The van der Waals surface area contributed by atoms with E-state index in [1.807, 2.05) is 25.1 Å². The number of carbonyl (C=O) groups excluding carboxylic acids is 3. The number of amides is 3. The van der Waals surface area contributed by atoms with Crippen LogP contribution in [0.1, 0.15) is 51.0 Å². The highest BCUT2D eigenvalue weighted by Crippen LogP contribution is 2.38. The van der Waals surface area contributed by atoms with Crippen LogP contribution in [0, 0.1) is 11.8 Å². The molecule has 1 aliphatic carbocycles. The largest absolute Gasteiger partial charge is 0.493 e. The van der Waals surface area contributed by atoms with E-state index in [-0.39, 0.29) is 42.5 Å². The average Bonchev–Trinajstić information content (AvgIpc) is 2.99. The van der Waals surface area contributed by atoms with Gasteiger partial charge in [0, 0.05) is 19.5 Å². The zero-order valence-electron chi connectivity index (χ0n) is 17.2. The summed E-state index contributed by atoms with van der Waals surface area (Å²) < 4.78 is 11.0. The molecule has 1 saturated heterocycles. The maximum atomic E-state index is 12.5. The zero-order valence-corrected chi connectivity index (χ0v) is 17.2. The fraction of sp³-hybridized carbons (Fsp3) is 0.591. The summed E-state index contributed by atoms with van der Waals surface area (Å²) >= 11 is 0. The number of carbonyl (C=O) groups is 3. The first-order valence-electron chi connectivity index (χ1n) is 10.5. The van der Waals surface area contributed by atoms with Crippen LogP contribution in [0.2, 0.25) is 0 Å². The lowest BCUT2D eigenvalue weighted by Gasteiger charge is -2.19. The number of nitrogens with one attached hydrogen (secondary N) is 1. The summed E-state index contributed by atoms with van der Waals surface area (Å²) in [7, 11) is 1.58. The van der Waals surface area contributed by atoms with Crippen molar-refractivity contribution in [2.45, 2.75) is 52.0 Å². The molecule has 1 aromatic carbocycles. The molecule has 3 amide bonds. The number of fused-ring (bicyclic) bond motifs is 1. The Morgan fingerprint density at radius 3 is 2.45 bits per heavy atom. The van der Waals surface area contributed by atoms with Crippen LogP contribution < -0.4 is 14.8 Å². The molecule has 2 atom stereocenters. The SMILES string of the molecule is CCCOc1ccc(CNC(=O)CCN2C(=O)C3CCCCC3C2=O)cc1OC. The van der Waals surface area contributed by atoms with Crippen molar-refractivity contribution in [3.8, 4) is 11.5 Å². The van der Waals surface area contributed by atoms with Crippen molar-refractivity contribution in [3.63, 3.8) is 0 Å². The molecule has 1 saturated carbocycles. The average molecular weight is 402 g/mol.